The Morgan fingerprint density at radius 3 is 2.47 bits per heavy atom. The van der Waals surface area contributed by atoms with E-state index in [2.05, 4.69) is 15.3 Å². The van der Waals surface area contributed by atoms with E-state index in [0.29, 0.717) is 17.4 Å². The number of nitrogens with one attached hydrogen (secondary N) is 1. The molecule has 2 heterocycles. The zero-order chi connectivity index (χ0) is 22.3. The highest BCUT2D eigenvalue weighted by Gasteiger charge is 2.21. The van der Waals surface area contributed by atoms with E-state index in [9.17, 15) is 8.78 Å². The summed E-state index contributed by atoms with van der Waals surface area (Å²) in [6, 6.07) is 18.5. The summed E-state index contributed by atoms with van der Waals surface area (Å²) in [4.78, 5) is 9.31. The van der Waals surface area contributed by atoms with Crippen LogP contribution in [0.5, 0.6) is 0 Å². The van der Waals surface area contributed by atoms with Crippen LogP contribution in [0.25, 0.3) is 0 Å². The monoisotopic (exact) mass is 467 g/mol. The van der Waals surface area contributed by atoms with Gasteiger partial charge in [0, 0.05) is 40.6 Å². The maximum absolute atomic E-state index is 14.7. The minimum atomic E-state index is -0.479. The molecule has 2 aromatic heterocycles. The number of anilines is 1. The Morgan fingerprint density at radius 1 is 0.906 bits per heavy atom. The molecule has 0 saturated carbocycles. The number of nitrogens with zero attached hydrogens (tertiary/aromatic N) is 2. The molecule has 0 bridgehead atoms. The summed E-state index contributed by atoms with van der Waals surface area (Å²) in [6.07, 6.45) is 6.02. The van der Waals surface area contributed by atoms with Gasteiger partial charge in [-0.2, -0.15) is 0 Å². The smallest absolute Gasteiger partial charge is 0.128 e. The molecule has 0 amide bonds. The van der Waals surface area contributed by atoms with E-state index in [-0.39, 0.29) is 5.56 Å². The van der Waals surface area contributed by atoms with Crippen molar-refractivity contribution in [2.75, 3.05) is 11.9 Å². The van der Waals surface area contributed by atoms with Gasteiger partial charge >= 0.3 is 0 Å². The number of hydrogen-bond donors (Lipinski definition) is 1. The zero-order valence-corrected chi connectivity index (χ0v) is 18.6. The first-order chi connectivity index (χ1) is 15.6. The topological polar surface area (TPSA) is 37.8 Å². The Bertz CT molecular complexity index is 1170. The van der Waals surface area contributed by atoms with Crippen molar-refractivity contribution in [1.29, 1.82) is 0 Å². The molecular weight excluding hydrogens is 448 g/mol. The van der Waals surface area contributed by atoms with Crippen LogP contribution in [0.15, 0.2) is 90.2 Å². The molecule has 3 nitrogen and oxygen atoms in total. The van der Waals surface area contributed by atoms with Gasteiger partial charge in [-0.1, -0.05) is 11.6 Å². The largest absolute Gasteiger partial charge is 0.370 e. The Morgan fingerprint density at radius 2 is 1.69 bits per heavy atom. The van der Waals surface area contributed by atoms with Crippen LogP contribution in [0.3, 0.4) is 0 Å². The number of rotatable bonds is 8. The maximum Gasteiger partial charge on any atom is 0.128 e. The third kappa shape index (κ3) is 5.84. The van der Waals surface area contributed by atoms with Gasteiger partial charge in [-0.05, 0) is 84.3 Å². The molecule has 1 N–H and O–H groups in total. The minimum absolute atomic E-state index is 0.277. The normalized spacial score (nSPS) is 11.8. The molecule has 1 atom stereocenters. The highest BCUT2D eigenvalue weighted by atomic mass is 35.5. The van der Waals surface area contributed by atoms with E-state index in [1.165, 1.54) is 23.4 Å². The van der Waals surface area contributed by atoms with Gasteiger partial charge in [-0.25, -0.2) is 13.8 Å². The first-order valence-corrected chi connectivity index (χ1v) is 11.3. The number of hydrogen-bond acceptors (Lipinski definition) is 4. The van der Waals surface area contributed by atoms with Gasteiger partial charge in [0.15, 0.2) is 0 Å². The van der Waals surface area contributed by atoms with Gasteiger partial charge in [-0.3, -0.25) is 4.98 Å². The lowest BCUT2D eigenvalue weighted by Crippen LogP contribution is -2.08. The molecule has 0 saturated heterocycles. The lowest BCUT2D eigenvalue weighted by molar-refractivity contribution is 0.587. The maximum atomic E-state index is 14.7. The fourth-order valence-electron chi connectivity index (χ4n) is 3.27. The van der Waals surface area contributed by atoms with E-state index < -0.39 is 16.9 Å². The molecule has 4 aromatic rings. The highest BCUT2D eigenvalue weighted by Crippen LogP contribution is 2.42. The summed E-state index contributed by atoms with van der Waals surface area (Å²) in [5.74, 6) is -0.259. The van der Waals surface area contributed by atoms with Crippen molar-refractivity contribution in [3.63, 3.8) is 0 Å². The van der Waals surface area contributed by atoms with Crippen LogP contribution in [0.1, 0.15) is 21.9 Å². The molecule has 4 rings (SSSR count). The van der Waals surface area contributed by atoms with Crippen molar-refractivity contribution in [3.8, 4) is 0 Å². The Labute approximate surface area is 194 Å². The molecule has 0 radical (unpaired) electrons. The van der Waals surface area contributed by atoms with Crippen LogP contribution in [0.4, 0.5) is 14.6 Å². The van der Waals surface area contributed by atoms with E-state index in [1.54, 1.807) is 30.7 Å². The third-order valence-corrected chi connectivity index (χ3v) is 6.42. The molecule has 162 valence electrons. The van der Waals surface area contributed by atoms with E-state index in [0.717, 1.165) is 29.0 Å². The SMILES string of the molecule is Fc1ccc(F)c(C(Sc2ccc(Cl)cc2)c2ccnc(NCCc3ccncc3)c2)c1. The Kier molecular flexibility index (Phi) is 7.35. The summed E-state index contributed by atoms with van der Waals surface area (Å²) >= 11 is 7.43. The van der Waals surface area contributed by atoms with Gasteiger partial charge < -0.3 is 5.32 Å². The number of halogens is 3. The van der Waals surface area contributed by atoms with Crippen molar-refractivity contribution >= 4 is 29.2 Å². The molecule has 0 spiro atoms. The standard InChI is InChI=1S/C25H20ClF2N3S/c26-19-1-4-21(5-2-19)32-25(22-16-20(27)3-6-23(22)28)18-10-14-31-24(15-18)30-13-9-17-7-11-29-12-8-17/h1-8,10-12,14-16,25H,9,13H2,(H,30,31). The highest BCUT2D eigenvalue weighted by molar-refractivity contribution is 7.99. The van der Waals surface area contributed by atoms with Crippen molar-refractivity contribution in [2.24, 2.45) is 0 Å². The Hall–Kier alpha value is -2.96. The van der Waals surface area contributed by atoms with E-state index >= 15 is 0 Å². The van der Waals surface area contributed by atoms with E-state index in [1.807, 2.05) is 36.4 Å². The lowest BCUT2D eigenvalue weighted by Gasteiger charge is -2.19. The predicted molar refractivity (Wildman–Crippen MR) is 126 cm³/mol. The predicted octanol–water partition coefficient (Wildman–Crippen LogP) is 6.94. The van der Waals surface area contributed by atoms with Crippen molar-refractivity contribution in [3.05, 3.63) is 119 Å². The molecule has 0 aliphatic heterocycles. The second-order valence-corrected chi connectivity index (χ2v) is 8.74. The molecular formula is C25H20ClF2N3S. The second kappa shape index (κ2) is 10.6. The first kappa shape index (κ1) is 22.2. The summed E-state index contributed by atoms with van der Waals surface area (Å²) < 4.78 is 28.7. The fourth-order valence-corrected chi connectivity index (χ4v) is 4.55. The van der Waals surface area contributed by atoms with Crippen molar-refractivity contribution in [2.45, 2.75) is 16.6 Å². The molecule has 0 aliphatic carbocycles. The molecule has 0 fully saturated rings. The van der Waals surface area contributed by atoms with Crippen LogP contribution in [-0.2, 0) is 6.42 Å². The van der Waals surface area contributed by atoms with Gasteiger partial charge in [0.1, 0.15) is 17.5 Å². The number of pyridine rings is 2. The number of aromatic nitrogens is 2. The lowest BCUT2D eigenvalue weighted by atomic mass is 10.0. The molecule has 0 aliphatic rings. The third-order valence-electron chi connectivity index (χ3n) is 4.86. The molecule has 2 aromatic carbocycles. The van der Waals surface area contributed by atoms with Gasteiger partial charge in [-0.15, -0.1) is 11.8 Å². The summed E-state index contributed by atoms with van der Waals surface area (Å²) in [5.41, 5.74) is 2.26. The van der Waals surface area contributed by atoms with Crippen LogP contribution in [0.2, 0.25) is 5.02 Å². The summed E-state index contributed by atoms with van der Waals surface area (Å²) in [7, 11) is 0. The van der Waals surface area contributed by atoms with Gasteiger partial charge in [0.05, 0.1) is 5.25 Å². The van der Waals surface area contributed by atoms with Crippen molar-refractivity contribution < 1.29 is 8.78 Å². The Balaban J connectivity index is 1.59. The average molecular weight is 468 g/mol. The van der Waals surface area contributed by atoms with Crippen molar-refractivity contribution in [1.82, 2.24) is 9.97 Å². The van der Waals surface area contributed by atoms with Gasteiger partial charge in [0.25, 0.3) is 0 Å². The molecule has 7 heteroatoms. The first-order valence-electron chi connectivity index (χ1n) is 10.0. The fraction of sp³-hybridized carbons (Fsp3) is 0.120. The van der Waals surface area contributed by atoms with Crippen LogP contribution < -0.4 is 5.32 Å². The number of benzene rings is 2. The summed E-state index contributed by atoms with van der Waals surface area (Å²) in [5, 5.41) is 3.47. The van der Waals surface area contributed by atoms with Crippen LogP contribution >= 0.6 is 23.4 Å². The molecule has 1 unspecified atom stereocenters. The average Bonchev–Trinajstić information content (AvgIpc) is 2.81. The zero-order valence-electron chi connectivity index (χ0n) is 17.0. The van der Waals surface area contributed by atoms with E-state index in [4.69, 9.17) is 11.6 Å². The van der Waals surface area contributed by atoms with Crippen LogP contribution in [-0.4, -0.2) is 16.5 Å². The minimum Gasteiger partial charge on any atom is -0.370 e. The van der Waals surface area contributed by atoms with Gasteiger partial charge in [0.2, 0.25) is 0 Å². The van der Waals surface area contributed by atoms with Crippen LogP contribution in [0, 0.1) is 11.6 Å². The summed E-state index contributed by atoms with van der Waals surface area (Å²) in [6.45, 7) is 0.684. The second-order valence-electron chi connectivity index (χ2n) is 7.12. The number of thioether (sulfide) groups is 1. The molecule has 32 heavy (non-hydrogen) atoms. The quantitative estimate of drug-likeness (QED) is 0.285.